The Hall–Kier alpha value is -1.45. The highest BCUT2D eigenvalue weighted by Gasteiger charge is 2.07. The molecule has 15 heavy (non-hydrogen) atoms. The van der Waals surface area contributed by atoms with Crippen molar-refractivity contribution in [3.05, 3.63) is 35.1 Å². The van der Waals surface area contributed by atoms with Gasteiger partial charge < -0.3 is 0 Å². The Bertz CT molecular complexity index is 505. The molecule has 1 aromatic carbocycles. The first kappa shape index (κ1) is 11.6. The van der Waals surface area contributed by atoms with Crippen molar-refractivity contribution in [2.75, 3.05) is 6.26 Å². The lowest BCUT2D eigenvalue weighted by atomic mass is 10.1. The van der Waals surface area contributed by atoms with Crippen molar-refractivity contribution in [2.24, 2.45) is 0 Å². The third kappa shape index (κ3) is 3.65. The smallest absolute Gasteiger partial charge is 0.264 e. The summed E-state index contributed by atoms with van der Waals surface area (Å²) in [5, 5.41) is 8.47. The lowest BCUT2D eigenvalue weighted by Crippen LogP contribution is -2.04. The van der Waals surface area contributed by atoms with Crippen LogP contribution in [0.3, 0.4) is 0 Å². The molecule has 0 fully saturated rings. The van der Waals surface area contributed by atoms with Crippen LogP contribution in [0.15, 0.2) is 18.2 Å². The van der Waals surface area contributed by atoms with Gasteiger partial charge in [-0.1, -0.05) is 6.07 Å². The van der Waals surface area contributed by atoms with Crippen molar-refractivity contribution in [3.63, 3.8) is 0 Å². The van der Waals surface area contributed by atoms with Gasteiger partial charge in [0.05, 0.1) is 24.5 Å². The molecule has 0 unspecified atom stereocenters. The second-order valence-electron chi connectivity index (χ2n) is 2.88. The molecule has 0 heterocycles. The Morgan fingerprint density at radius 2 is 2.20 bits per heavy atom. The molecule has 0 saturated heterocycles. The summed E-state index contributed by atoms with van der Waals surface area (Å²) in [6, 6.07) is 5.51. The van der Waals surface area contributed by atoms with Gasteiger partial charge in [-0.05, 0) is 12.1 Å². The summed E-state index contributed by atoms with van der Waals surface area (Å²) in [5.41, 5.74) is 0.273. The molecule has 4 nitrogen and oxygen atoms in total. The first-order valence-electron chi connectivity index (χ1n) is 3.95. The minimum atomic E-state index is -3.59. The van der Waals surface area contributed by atoms with Gasteiger partial charge in [0.2, 0.25) is 0 Å². The van der Waals surface area contributed by atoms with Gasteiger partial charge in [0.25, 0.3) is 10.1 Å². The number of nitriles is 1. The van der Waals surface area contributed by atoms with Gasteiger partial charge in [-0.25, -0.2) is 4.39 Å². The number of halogens is 1. The van der Waals surface area contributed by atoms with Crippen LogP contribution in [0.4, 0.5) is 4.39 Å². The molecule has 6 heteroatoms. The van der Waals surface area contributed by atoms with Crippen molar-refractivity contribution >= 4 is 10.1 Å². The SMILES string of the molecule is CS(=O)(=O)OCc1ccc(C#N)cc1F. The number of hydrogen-bond donors (Lipinski definition) is 0. The van der Waals surface area contributed by atoms with Gasteiger partial charge in [-0.3, -0.25) is 4.18 Å². The first-order valence-corrected chi connectivity index (χ1v) is 5.77. The molecule has 0 aliphatic carbocycles. The van der Waals surface area contributed by atoms with Crippen molar-refractivity contribution in [1.29, 1.82) is 5.26 Å². The molecule has 1 rings (SSSR count). The molecule has 0 aliphatic heterocycles. The second-order valence-corrected chi connectivity index (χ2v) is 4.53. The standard InChI is InChI=1S/C9H8FNO3S/c1-15(12,13)14-6-8-3-2-7(5-11)4-9(8)10/h2-4H,6H2,1H3. The third-order valence-electron chi connectivity index (χ3n) is 1.61. The zero-order chi connectivity index (χ0) is 11.5. The van der Waals surface area contributed by atoms with Crippen LogP contribution in [0, 0.1) is 17.1 Å². The average molecular weight is 229 g/mol. The number of benzene rings is 1. The number of nitrogens with zero attached hydrogens (tertiary/aromatic N) is 1. The summed E-state index contributed by atoms with van der Waals surface area (Å²) in [6.45, 7) is -0.365. The van der Waals surface area contributed by atoms with Crippen molar-refractivity contribution in [3.8, 4) is 6.07 Å². The normalized spacial score (nSPS) is 11.0. The maximum absolute atomic E-state index is 13.2. The van der Waals surface area contributed by atoms with E-state index < -0.39 is 15.9 Å². The maximum Gasteiger partial charge on any atom is 0.264 e. The molecule has 0 amide bonds. The van der Waals surface area contributed by atoms with Crippen LogP contribution < -0.4 is 0 Å². The molecular formula is C9H8FNO3S. The summed E-state index contributed by atoms with van der Waals surface area (Å²) in [4.78, 5) is 0. The Morgan fingerprint density at radius 3 is 2.67 bits per heavy atom. The minimum absolute atomic E-state index is 0.0967. The molecule has 0 spiro atoms. The molecule has 0 aliphatic rings. The van der Waals surface area contributed by atoms with Crippen LogP contribution in [0.5, 0.6) is 0 Å². The van der Waals surface area contributed by atoms with E-state index in [1.807, 2.05) is 0 Å². The van der Waals surface area contributed by atoms with Crippen molar-refractivity contribution in [2.45, 2.75) is 6.61 Å². The highest BCUT2D eigenvalue weighted by Crippen LogP contribution is 2.11. The van der Waals surface area contributed by atoms with E-state index in [1.54, 1.807) is 6.07 Å². The minimum Gasteiger partial charge on any atom is -0.265 e. The number of hydrogen-bond acceptors (Lipinski definition) is 4. The summed E-state index contributed by atoms with van der Waals surface area (Å²) in [5.74, 6) is -0.655. The molecule has 80 valence electrons. The molecular weight excluding hydrogens is 221 g/mol. The van der Waals surface area contributed by atoms with E-state index in [0.29, 0.717) is 0 Å². The Kier molecular flexibility index (Phi) is 3.39. The average Bonchev–Trinajstić information content (AvgIpc) is 2.14. The number of rotatable bonds is 3. The van der Waals surface area contributed by atoms with Gasteiger partial charge in [0.1, 0.15) is 5.82 Å². The molecule has 0 bridgehead atoms. The lowest BCUT2D eigenvalue weighted by Gasteiger charge is -2.02. The van der Waals surface area contributed by atoms with E-state index in [0.717, 1.165) is 12.3 Å². The van der Waals surface area contributed by atoms with Crippen LogP contribution in [0.2, 0.25) is 0 Å². The van der Waals surface area contributed by atoms with E-state index in [4.69, 9.17) is 5.26 Å². The molecule has 0 aromatic heterocycles. The summed E-state index contributed by atoms with van der Waals surface area (Å²) in [7, 11) is -3.59. The van der Waals surface area contributed by atoms with Crippen molar-refractivity contribution < 1.29 is 17.0 Å². The predicted octanol–water partition coefficient (Wildman–Crippen LogP) is 1.17. The molecule has 0 atom stereocenters. The quantitative estimate of drug-likeness (QED) is 0.730. The predicted molar refractivity (Wildman–Crippen MR) is 50.7 cm³/mol. The summed E-state index contributed by atoms with van der Waals surface area (Å²) >= 11 is 0. The van der Waals surface area contributed by atoms with E-state index in [1.165, 1.54) is 12.1 Å². The van der Waals surface area contributed by atoms with Gasteiger partial charge in [0, 0.05) is 5.56 Å². The molecule has 1 aromatic rings. The van der Waals surface area contributed by atoms with Crippen LogP contribution in [-0.2, 0) is 20.9 Å². The van der Waals surface area contributed by atoms with E-state index in [-0.39, 0.29) is 17.7 Å². The monoisotopic (exact) mass is 229 g/mol. The van der Waals surface area contributed by atoms with Crippen molar-refractivity contribution in [1.82, 2.24) is 0 Å². The molecule has 0 saturated carbocycles. The topological polar surface area (TPSA) is 67.2 Å². The molecule has 0 radical (unpaired) electrons. The zero-order valence-electron chi connectivity index (χ0n) is 7.90. The maximum atomic E-state index is 13.2. The highest BCUT2D eigenvalue weighted by molar-refractivity contribution is 7.85. The fraction of sp³-hybridized carbons (Fsp3) is 0.222. The molecule has 0 N–H and O–H groups in total. The van der Waals surface area contributed by atoms with Gasteiger partial charge in [-0.15, -0.1) is 0 Å². The third-order valence-corrected chi connectivity index (χ3v) is 2.16. The largest absolute Gasteiger partial charge is 0.265 e. The lowest BCUT2D eigenvalue weighted by molar-refractivity contribution is 0.306. The van der Waals surface area contributed by atoms with E-state index in [2.05, 4.69) is 4.18 Å². The summed E-state index contributed by atoms with van der Waals surface area (Å²) in [6.07, 6.45) is 0.883. The Balaban J connectivity index is 2.85. The van der Waals surface area contributed by atoms with Crippen LogP contribution in [-0.4, -0.2) is 14.7 Å². The Morgan fingerprint density at radius 1 is 1.53 bits per heavy atom. The fourth-order valence-corrected chi connectivity index (χ4v) is 1.25. The van der Waals surface area contributed by atoms with Gasteiger partial charge in [-0.2, -0.15) is 13.7 Å². The van der Waals surface area contributed by atoms with E-state index in [9.17, 15) is 12.8 Å². The van der Waals surface area contributed by atoms with Crippen LogP contribution in [0.25, 0.3) is 0 Å². The van der Waals surface area contributed by atoms with Gasteiger partial charge >= 0.3 is 0 Å². The second kappa shape index (κ2) is 4.38. The fourth-order valence-electron chi connectivity index (χ4n) is 0.904. The highest BCUT2D eigenvalue weighted by atomic mass is 32.2. The zero-order valence-corrected chi connectivity index (χ0v) is 8.71. The van der Waals surface area contributed by atoms with E-state index >= 15 is 0 Å². The first-order chi connectivity index (χ1) is 6.92. The van der Waals surface area contributed by atoms with Crippen LogP contribution >= 0.6 is 0 Å². The van der Waals surface area contributed by atoms with Crippen LogP contribution in [0.1, 0.15) is 11.1 Å². The Labute approximate surface area is 87.0 Å². The summed E-state index contributed by atoms with van der Waals surface area (Å²) < 4.78 is 38.9. The van der Waals surface area contributed by atoms with Gasteiger partial charge in [0.15, 0.2) is 0 Å².